The van der Waals surface area contributed by atoms with Crippen molar-refractivity contribution < 1.29 is 14.9 Å². The van der Waals surface area contributed by atoms with Gasteiger partial charge in [0.25, 0.3) is 0 Å². The lowest BCUT2D eigenvalue weighted by Crippen LogP contribution is -1.99. The molecule has 126 valence electrons. The highest BCUT2D eigenvalue weighted by molar-refractivity contribution is 5.34. The molecule has 1 rings (SSSR count). The van der Waals surface area contributed by atoms with Crippen molar-refractivity contribution in [2.75, 3.05) is 19.8 Å². The van der Waals surface area contributed by atoms with E-state index in [1.165, 1.54) is 37.7 Å². The molecule has 0 radical (unpaired) electrons. The molecule has 0 saturated heterocycles. The number of hydrogen-bond donors (Lipinski definition) is 2. The highest BCUT2D eigenvalue weighted by Gasteiger charge is 2.00. The molecule has 22 heavy (non-hydrogen) atoms. The average Bonchev–Trinajstić information content (AvgIpc) is 2.56. The van der Waals surface area contributed by atoms with E-state index in [4.69, 9.17) is 14.9 Å². The molecule has 1 aromatic rings. The molecule has 0 saturated carbocycles. The second kappa shape index (κ2) is 16.1. The summed E-state index contributed by atoms with van der Waals surface area (Å²) in [5, 5.41) is 15.2. The summed E-state index contributed by atoms with van der Waals surface area (Å²) in [4.78, 5) is 0. The summed E-state index contributed by atoms with van der Waals surface area (Å²) in [6, 6.07) is 8.24. The van der Waals surface area contributed by atoms with Crippen LogP contribution in [0.15, 0.2) is 36.9 Å². The molecule has 3 heteroatoms. The van der Waals surface area contributed by atoms with Crippen LogP contribution in [0.5, 0.6) is 5.75 Å². The normalized spacial score (nSPS) is 9.77. The molecule has 0 heterocycles. The first-order chi connectivity index (χ1) is 10.8. The number of aliphatic hydroxyl groups excluding tert-OH is 2. The molecule has 0 spiro atoms. The van der Waals surface area contributed by atoms with Gasteiger partial charge in [0.1, 0.15) is 5.75 Å². The zero-order valence-corrected chi connectivity index (χ0v) is 14.0. The molecule has 0 aromatic heterocycles. The second-order valence-corrected chi connectivity index (χ2v) is 5.16. The van der Waals surface area contributed by atoms with E-state index in [-0.39, 0.29) is 13.2 Å². The zero-order valence-electron chi connectivity index (χ0n) is 14.0. The Balaban J connectivity index is 0.000000980. The molecule has 0 aliphatic rings. The first-order valence-electron chi connectivity index (χ1n) is 8.33. The Morgan fingerprint density at radius 3 is 2.27 bits per heavy atom. The van der Waals surface area contributed by atoms with Gasteiger partial charge in [-0.05, 0) is 24.5 Å². The minimum Gasteiger partial charge on any atom is -0.493 e. The Hall–Kier alpha value is -1.32. The van der Waals surface area contributed by atoms with Gasteiger partial charge < -0.3 is 14.9 Å². The molecule has 0 amide bonds. The van der Waals surface area contributed by atoms with Crippen LogP contribution in [0.2, 0.25) is 0 Å². The molecular formula is C19H32O3. The van der Waals surface area contributed by atoms with E-state index in [1.54, 1.807) is 0 Å². The molecule has 0 aliphatic heterocycles. The van der Waals surface area contributed by atoms with Gasteiger partial charge in [-0.15, -0.1) is 6.58 Å². The first kappa shape index (κ1) is 20.7. The lowest BCUT2D eigenvalue weighted by atomic mass is 10.1. The van der Waals surface area contributed by atoms with Crippen LogP contribution in [0.25, 0.3) is 0 Å². The van der Waals surface area contributed by atoms with E-state index in [9.17, 15) is 0 Å². The van der Waals surface area contributed by atoms with Crippen LogP contribution < -0.4 is 4.74 Å². The van der Waals surface area contributed by atoms with Crippen LogP contribution in [0.1, 0.15) is 51.0 Å². The standard InChI is InChI=1S/C17H26O.C2H6O2/c1-3-5-6-7-8-11-15-18-17-14-10-9-13-16(17)12-4-2;3-1-2-4/h4,9-10,13-14H,2-3,5-8,11-12,15H2,1H3;3-4H,1-2H2. The highest BCUT2D eigenvalue weighted by Crippen LogP contribution is 2.19. The largest absolute Gasteiger partial charge is 0.493 e. The molecule has 0 fully saturated rings. The summed E-state index contributed by atoms with van der Waals surface area (Å²) in [5.74, 6) is 1.02. The van der Waals surface area contributed by atoms with Gasteiger partial charge in [0.15, 0.2) is 0 Å². The van der Waals surface area contributed by atoms with E-state index in [2.05, 4.69) is 31.7 Å². The molecule has 0 unspecified atom stereocenters. The maximum Gasteiger partial charge on any atom is 0.122 e. The van der Waals surface area contributed by atoms with Gasteiger partial charge in [-0.2, -0.15) is 0 Å². The number of rotatable bonds is 11. The smallest absolute Gasteiger partial charge is 0.122 e. The number of para-hydroxylation sites is 1. The van der Waals surface area contributed by atoms with Crippen molar-refractivity contribution in [3.8, 4) is 5.75 Å². The van der Waals surface area contributed by atoms with Gasteiger partial charge in [0.2, 0.25) is 0 Å². The van der Waals surface area contributed by atoms with Gasteiger partial charge in [-0.3, -0.25) is 0 Å². The fourth-order valence-electron chi connectivity index (χ4n) is 2.03. The molecule has 0 atom stereocenters. The van der Waals surface area contributed by atoms with Crippen LogP contribution >= 0.6 is 0 Å². The summed E-state index contributed by atoms with van der Waals surface area (Å²) < 4.78 is 5.85. The Morgan fingerprint density at radius 1 is 1.00 bits per heavy atom. The van der Waals surface area contributed by atoms with E-state index in [0.29, 0.717) is 0 Å². The highest BCUT2D eigenvalue weighted by atomic mass is 16.5. The van der Waals surface area contributed by atoms with Crippen LogP contribution in [-0.4, -0.2) is 30.0 Å². The molecule has 0 bridgehead atoms. The third kappa shape index (κ3) is 11.4. The van der Waals surface area contributed by atoms with Gasteiger partial charge in [-0.25, -0.2) is 0 Å². The van der Waals surface area contributed by atoms with Crippen LogP contribution in [0, 0.1) is 0 Å². The SMILES string of the molecule is C=CCc1ccccc1OCCCCCCCC.OCCO. The first-order valence-corrected chi connectivity index (χ1v) is 8.33. The van der Waals surface area contributed by atoms with E-state index in [1.807, 2.05) is 12.1 Å². The lowest BCUT2D eigenvalue weighted by Gasteiger charge is -2.10. The van der Waals surface area contributed by atoms with Gasteiger partial charge in [0, 0.05) is 0 Å². The number of aliphatic hydroxyl groups is 2. The Kier molecular flexibility index (Phi) is 15.1. The van der Waals surface area contributed by atoms with Gasteiger partial charge in [0.05, 0.1) is 19.8 Å². The summed E-state index contributed by atoms with van der Waals surface area (Å²) >= 11 is 0. The Labute approximate surface area is 135 Å². The van der Waals surface area contributed by atoms with Crippen molar-refractivity contribution in [2.45, 2.75) is 51.9 Å². The summed E-state index contributed by atoms with van der Waals surface area (Å²) in [6.45, 7) is 6.61. The van der Waals surface area contributed by atoms with Crippen molar-refractivity contribution in [3.63, 3.8) is 0 Å². The molecule has 2 N–H and O–H groups in total. The van der Waals surface area contributed by atoms with Gasteiger partial charge >= 0.3 is 0 Å². The second-order valence-electron chi connectivity index (χ2n) is 5.16. The quantitative estimate of drug-likeness (QED) is 0.477. The molecule has 1 aromatic carbocycles. The van der Waals surface area contributed by atoms with Crippen molar-refractivity contribution in [2.24, 2.45) is 0 Å². The lowest BCUT2D eigenvalue weighted by molar-refractivity contribution is 0.186. The number of unbranched alkanes of at least 4 members (excludes halogenated alkanes) is 5. The minimum atomic E-state index is -0.125. The topological polar surface area (TPSA) is 49.7 Å². The maximum atomic E-state index is 7.62. The summed E-state index contributed by atoms with van der Waals surface area (Å²) in [5.41, 5.74) is 1.23. The number of hydrogen-bond acceptors (Lipinski definition) is 3. The van der Waals surface area contributed by atoms with Crippen LogP contribution in [0.3, 0.4) is 0 Å². The maximum absolute atomic E-state index is 7.62. The van der Waals surface area contributed by atoms with E-state index in [0.717, 1.165) is 25.2 Å². The predicted octanol–water partition coefficient (Wildman–Crippen LogP) is 4.13. The third-order valence-corrected chi connectivity index (χ3v) is 3.19. The summed E-state index contributed by atoms with van der Waals surface area (Å²) in [6.07, 6.45) is 10.6. The number of allylic oxidation sites excluding steroid dienone is 1. The Morgan fingerprint density at radius 2 is 1.64 bits per heavy atom. The van der Waals surface area contributed by atoms with E-state index < -0.39 is 0 Å². The molecular weight excluding hydrogens is 276 g/mol. The summed E-state index contributed by atoms with van der Waals surface area (Å²) in [7, 11) is 0. The fraction of sp³-hybridized carbons (Fsp3) is 0.579. The molecule has 0 aliphatic carbocycles. The monoisotopic (exact) mass is 308 g/mol. The fourth-order valence-corrected chi connectivity index (χ4v) is 2.03. The van der Waals surface area contributed by atoms with Gasteiger partial charge in [-0.1, -0.05) is 63.3 Å². The van der Waals surface area contributed by atoms with Crippen molar-refractivity contribution in [3.05, 3.63) is 42.5 Å². The molecule has 3 nitrogen and oxygen atoms in total. The third-order valence-electron chi connectivity index (χ3n) is 3.19. The van der Waals surface area contributed by atoms with Crippen LogP contribution in [0.4, 0.5) is 0 Å². The van der Waals surface area contributed by atoms with Crippen LogP contribution in [-0.2, 0) is 6.42 Å². The average molecular weight is 308 g/mol. The number of benzene rings is 1. The van der Waals surface area contributed by atoms with E-state index >= 15 is 0 Å². The number of ether oxygens (including phenoxy) is 1. The predicted molar refractivity (Wildman–Crippen MR) is 93.4 cm³/mol. The van der Waals surface area contributed by atoms with Crippen molar-refractivity contribution in [1.29, 1.82) is 0 Å². The van der Waals surface area contributed by atoms with Crippen molar-refractivity contribution >= 4 is 0 Å². The van der Waals surface area contributed by atoms with Crippen molar-refractivity contribution in [1.82, 2.24) is 0 Å². The minimum absolute atomic E-state index is 0.125. The zero-order chi connectivity index (χ0) is 16.5. The Bertz CT molecular complexity index is 361.